The molecule has 5 nitrogen and oxygen atoms in total. The van der Waals surface area contributed by atoms with Gasteiger partial charge < -0.3 is 14.8 Å². The molecule has 0 unspecified atom stereocenters. The van der Waals surface area contributed by atoms with E-state index >= 15 is 0 Å². The van der Waals surface area contributed by atoms with Crippen molar-refractivity contribution in [2.45, 2.75) is 44.6 Å². The quantitative estimate of drug-likeness (QED) is 0.907. The van der Waals surface area contributed by atoms with Crippen LogP contribution in [0.15, 0.2) is 18.2 Å². The van der Waals surface area contributed by atoms with Gasteiger partial charge in [-0.15, -0.1) is 0 Å². The number of aromatic carboxylic acids is 1. The largest absolute Gasteiger partial charge is 0.478 e. The van der Waals surface area contributed by atoms with Crippen LogP contribution in [-0.4, -0.2) is 32.3 Å². The fraction of sp³-hybridized carbons (Fsp3) is 0.500. The van der Waals surface area contributed by atoms with Gasteiger partial charge in [0.1, 0.15) is 5.82 Å². The molecule has 0 radical (unpaired) electrons. The highest BCUT2D eigenvalue weighted by Crippen LogP contribution is 2.43. The van der Waals surface area contributed by atoms with E-state index in [2.05, 4.69) is 23.4 Å². The molecule has 0 atom stereocenters. The van der Waals surface area contributed by atoms with Gasteiger partial charge in [0.2, 0.25) is 0 Å². The van der Waals surface area contributed by atoms with Gasteiger partial charge in [-0.2, -0.15) is 0 Å². The summed E-state index contributed by atoms with van der Waals surface area (Å²) in [5, 5.41) is 19.0. The minimum absolute atomic E-state index is 0.0961. The summed E-state index contributed by atoms with van der Waals surface area (Å²) in [6.45, 7) is 4.23. The third kappa shape index (κ3) is 2.03. The Balaban J connectivity index is 2.25. The summed E-state index contributed by atoms with van der Waals surface area (Å²) in [4.78, 5) is 15.8. The maximum atomic E-state index is 11.1. The predicted molar refractivity (Wildman–Crippen MR) is 79.7 cm³/mol. The van der Waals surface area contributed by atoms with Gasteiger partial charge in [0.05, 0.1) is 28.7 Å². The van der Waals surface area contributed by atoms with Crippen molar-refractivity contribution < 1.29 is 15.0 Å². The molecule has 0 bridgehead atoms. The van der Waals surface area contributed by atoms with E-state index in [4.69, 9.17) is 5.11 Å². The lowest BCUT2D eigenvalue weighted by Gasteiger charge is -2.43. The number of carboxylic acids is 1. The van der Waals surface area contributed by atoms with Gasteiger partial charge in [0, 0.05) is 5.92 Å². The fourth-order valence-corrected chi connectivity index (χ4v) is 3.16. The standard InChI is InChI=1S/C16H20N2O3/c1-10(2)14-17-12-8-11(15(20)21)4-5-13(12)18(14)16(9-19)6-3-7-16/h4-5,8,10,19H,3,6-7,9H2,1-2H3,(H,20,21). The third-order valence-corrected chi connectivity index (χ3v) is 4.50. The first-order chi connectivity index (χ1) is 9.98. The van der Waals surface area contributed by atoms with Gasteiger partial charge in [0.15, 0.2) is 0 Å². The van der Waals surface area contributed by atoms with Crippen molar-refractivity contribution in [3.05, 3.63) is 29.6 Å². The summed E-state index contributed by atoms with van der Waals surface area (Å²) in [5.74, 6) is 0.189. The molecule has 0 aliphatic heterocycles. The van der Waals surface area contributed by atoms with E-state index in [1.807, 2.05) is 6.07 Å². The van der Waals surface area contributed by atoms with Crippen molar-refractivity contribution in [2.75, 3.05) is 6.61 Å². The zero-order chi connectivity index (χ0) is 15.2. The molecular weight excluding hydrogens is 268 g/mol. The smallest absolute Gasteiger partial charge is 0.335 e. The summed E-state index contributed by atoms with van der Waals surface area (Å²) in [7, 11) is 0. The Kier molecular flexibility index (Phi) is 3.24. The van der Waals surface area contributed by atoms with Gasteiger partial charge in [-0.25, -0.2) is 9.78 Å². The van der Waals surface area contributed by atoms with Crippen molar-refractivity contribution in [3.63, 3.8) is 0 Å². The molecule has 1 fully saturated rings. The highest BCUT2D eigenvalue weighted by atomic mass is 16.4. The Labute approximate surface area is 123 Å². The van der Waals surface area contributed by atoms with E-state index < -0.39 is 5.97 Å². The molecule has 0 saturated heterocycles. The van der Waals surface area contributed by atoms with Crippen LogP contribution in [0, 0.1) is 0 Å². The van der Waals surface area contributed by atoms with E-state index in [9.17, 15) is 9.90 Å². The average molecular weight is 288 g/mol. The minimum atomic E-state index is -0.946. The Hall–Kier alpha value is -1.88. The third-order valence-electron chi connectivity index (χ3n) is 4.50. The summed E-state index contributed by atoms with van der Waals surface area (Å²) in [6.07, 6.45) is 2.98. The molecule has 1 aromatic carbocycles. The molecule has 2 N–H and O–H groups in total. The number of nitrogens with zero attached hydrogens (tertiary/aromatic N) is 2. The highest BCUT2D eigenvalue weighted by molar-refractivity contribution is 5.92. The van der Waals surface area contributed by atoms with Gasteiger partial charge in [-0.05, 0) is 37.5 Å². The first-order valence-corrected chi connectivity index (χ1v) is 7.35. The van der Waals surface area contributed by atoms with E-state index in [1.54, 1.807) is 12.1 Å². The molecule has 0 amide bonds. The molecule has 0 spiro atoms. The summed E-state index contributed by atoms with van der Waals surface area (Å²) < 4.78 is 2.14. The van der Waals surface area contributed by atoms with Crippen LogP contribution in [0.4, 0.5) is 0 Å². The normalized spacial score (nSPS) is 17.1. The van der Waals surface area contributed by atoms with E-state index in [1.165, 1.54) is 0 Å². The van der Waals surface area contributed by atoms with Crippen molar-refractivity contribution in [1.82, 2.24) is 9.55 Å². The summed E-state index contributed by atoms with van der Waals surface area (Å²) in [6, 6.07) is 5.04. The number of aliphatic hydroxyl groups is 1. The van der Waals surface area contributed by atoms with Crippen molar-refractivity contribution in [2.24, 2.45) is 0 Å². The molecule has 21 heavy (non-hydrogen) atoms. The van der Waals surface area contributed by atoms with Crippen LogP contribution in [0.5, 0.6) is 0 Å². The van der Waals surface area contributed by atoms with Crippen molar-refractivity contribution >= 4 is 17.0 Å². The molecule has 1 heterocycles. The number of carbonyl (C=O) groups is 1. The lowest BCUT2D eigenvalue weighted by atomic mass is 9.76. The lowest BCUT2D eigenvalue weighted by Crippen LogP contribution is -2.45. The van der Waals surface area contributed by atoms with Crippen LogP contribution < -0.4 is 0 Å². The molecule has 5 heteroatoms. The van der Waals surface area contributed by atoms with Gasteiger partial charge in [-0.1, -0.05) is 13.8 Å². The highest BCUT2D eigenvalue weighted by Gasteiger charge is 2.41. The maximum absolute atomic E-state index is 11.1. The molecule has 1 aliphatic rings. The number of rotatable bonds is 4. The fourth-order valence-electron chi connectivity index (χ4n) is 3.16. The number of imidazole rings is 1. The molecule has 1 saturated carbocycles. The van der Waals surface area contributed by atoms with Crippen molar-refractivity contribution in [1.29, 1.82) is 0 Å². The first kappa shape index (κ1) is 14.1. The number of aromatic nitrogens is 2. The molecule has 2 aromatic rings. The Morgan fingerprint density at radius 2 is 2.14 bits per heavy atom. The second-order valence-corrected chi connectivity index (χ2v) is 6.20. The molecular formula is C16H20N2O3. The Bertz CT molecular complexity index is 693. The lowest BCUT2D eigenvalue weighted by molar-refractivity contribution is 0.0557. The van der Waals surface area contributed by atoms with Crippen LogP contribution in [0.25, 0.3) is 11.0 Å². The molecule has 1 aromatic heterocycles. The number of benzene rings is 1. The average Bonchev–Trinajstić information content (AvgIpc) is 2.77. The van der Waals surface area contributed by atoms with Gasteiger partial charge in [0.25, 0.3) is 0 Å². The van der Waals surface area contributed by atoms with Crippen LogP contribution in [0.1, 0.15) is 55.2 Å². The molecule has 3 rings (SSSR count). The summed E-state index contributed by atoms with van der Waals surface area (Å²) >= 11 is 0. The molecule has 112 valence electrons. The zero-order valence-electron chi connectivity index (χ0n) is 12.3. The number of fused-ring (bicyclic) bond motifs is 1. The van der Waals surface area contributed by atoms with Crippen LogP contribution in [0.3, 0.4) is 0 Å². The predicted octanol–water partition coefficient (Wildman–Crippen LogP) is 2.73. The minimum Gasteiger partial charge on any atom is -0.478 e. The van der Waals surface area contributed by atoms with Crippen LogP contribution in [-0.2, 0) is 5.54 Å². The van der Waals surface area contributed by atoms with E-state index in [-0.39, 0.29) is 23.6 Å². The number of hydrogen-bond acceptors (Lipinski definition) is 3. The van der Waals surface area contributed by atoms with Gasteiger partial charge >= 0.3 is 5.97 Å². The maximum Gasteiger partial charge on any atom is 0.335 e. The summed E-state index contributed by atoms with van der Waals surface area (Å²) in [5.41, 5.74) is 1.59. The second-order valence-electron chi connectivity index (χ2n) is 6.20. The monoisotopic (exact) mass is 288 g/mol. The van der Waals surface area contributed by atoms with Crippen molar-refractivity contribution in [3.8, 4) is 0 Å². The zero-order valence-corrected chi connectivity index (χ0v) is 12.3. The number of carboxylic acid groups (broad SMARTS) is 1. The Morgan fingerprint density at radius 3 is 2.62 bits per heavy atom. The van der Waals surface area contributed by atoms with E-state index in [0.29, 0.717) is 5.52 Å². The second kappa shape index (κ2) is 4.84. The number of aliphatic hydroxyl groups excluding tert-OH is 1. The molecule has 1 aliphatic carbocycles. The van der Waals surface area contributed by atoms with Crippen LogP contribution in [0.2, 0.25) is 0 Å². The van der Waals surface area contributed by atoms with Crippen LogP contribution >= 0.6 is 0 Å². The van der Waals surface area contributed by atoms with Gasteiger partial charge in [-0.3, -0.25) is 0 Å². The Morgan fingerprint density at radius 1 is 1.43 bits per heavy atom. The van der Waals surface area contributed by atoms with E-state index in [0.717, 1.165) is 30.6 Å². The number of hydrogen-bond donors (Lipinski definition) is 2. The SMILES string of the molecule is CC(C)c1nc2cc(C(=O)O)ccc2n1C1(CO)CCC1. The topological polar surface area (TPSA) is 75.3 Å². The first-order valence-electron chi connectivity index (χ1n) is 7.35.